The molecule has 1 fully saturated rings. The van der Waals surface area contributed by atoms with Crippen LogP contribution in [0.15, 0.2) is 53.4 Å². The second-order valence-electron chi connectivity index (χ2n) is 6.63. The second kappa shape index (κ2) is 8.10. The fourth-order valence-electron chi connectivity index (χ4n) is 3.03. The van der Waals surface area contributed by atoms with E-state index in [9.17, 15) is 13.2 Å². The Morgan fingerprint density at radius 3 is 2.39 bits per heavy atom. The molecule has 0 aliphatic carbocycles. The predicted octanol–water partition coefficient (Wildman–Crippen LogP) is 2.58. The minimum absolute atomic E-state index is 0.108. The molecule has 0 N–H and O–H groups in total. The molecule has 2 atom stereocenters. The van der Waals surface area contributed by atoms with Crippen LogP contribution in [0.1, 0.15) is 29.8 Å². The summed E-state index contributed by atoms with van der Waals surface area (Å²) in [7, 11) is -3.67. The first kappa shape index (κ1) is 20.0. The molecule has 8 heteroatoms. The summed E-state index contributed by atoms with van der Waals surface area (Å²) in [6.07, 6.45) is -0.367. The van der Waals surface area contributed by atoms with Gasteiger partial charge in [0.05, 0.1) is 34.3 Å². The molecular formula is C20H20N2O5S. The van der Waals surface area contributed by atoms with Crippen molar-refractivity contribution in [2.24, 2.45) is 0 Å². The predicted molar refractivity (Wildman–Crippen MR) is 101 cm³/mol. The van der Waals surface area contributed by atoms with Gasteiger partial charge in [0.15, 0.2) is 0 Å². The van der Waals surface area contributed by atoms with E-state index in [2.05, 4.69) is 0 Å². The van der Waals surface area contributed by atoms with Gasteiger partial charge in [0, 0.05) is 13.1 Å². The topological polar surface area (TPSA) is 96.7 Å². The van der Waals surface area contributed by atoms with Crippen molar-refractivity contribution in [2.75, 3.05) is 13.1 Å². The van der Waals surface area contributed by atoms with Gasteiger partial charge in [-0.2, -0.15) is 9.57 Å². The standard InChI is InChI=1S/C20H20N2O5S/c1-14-12-22(13-15(2)26-14)28(24,25)19-8-6-17(7-9-19)20(23)27-18-5-3-4-16(10-18)11-21/h3-10,14-15H,12-13H2,1-2H3/t14-,15+. The van der Waals surface area contributed by atoms with Crippen LogP contribution in [0.4, 0.5) is 0 Å². The minimum atomic E-state index is -3.67. The number of ether oxygens (including phenoxy) is 2. The molecule has 1 heterocycles. The Kier molecular flexibility index (Phi) is 5.79. The third-order valence-corrected chi connectivity index (χ3v) is 6.13. The number of rotatable bonds is 4. The molecule has 1 aliphatic heterocycles. The minimum Gasteiger partial charge on any atom is -0.423 e. The maximum atomic E-state index is 12.8. The highest BCUT2D eigenvalue weighted by atomic mass is 32.2. The molecule has 3 rings (SSSR count). The molecule has 0 spiro atoms. The van der Waals surface area contributed by atoms with Crippen LogP contribution in [-0.2, 0) is 14.8 Å². The number of nitriles is 1. The van der Waals surface area contributed by atoms with Crippen molar-refractivity contribution in [3.05, 3.63) is 59.7 Å². The lowest BCUT2D eigenvalue weighted by Crippen LogP contribution is -2.48. The lowest BCUT2D eigenvalue weighted by molar-refractivity contribution is -0.0440. The highest BCUT2D eigenvalue weighted by Gasteiger charge is 2.32. The van der Waals surface area contributed by atoms with Crippen LogP contribution < -0.4 is 4.74 Å². The summed E-state index contributed by atoms with van der Waals surface area (Å²) >= 11 is 0. The molecule has 1 aliphatic rings. The van der Waals surface area contributed by atoms with Gasteiger partial charge in [0.25, 0.3) is 0 Å². The Labute approximate surface area is 164 Å². The Morgan fingerprint density at radius 1 is 1.14 bits per heavy atom. The van der Waals surface area contributed by atoms with Gasteiger partial charge in [-0.25, -0.2) is 13.2 Å². The summed E-state index contributed by atoms with van der Waals surface area (Å²) in [4.78, 5) is 12.4. The van der Waals surface area contributed by atoms with E-state index < -0.39 is 16.0 Å². The van der Waals surface area contributed by atoms with Gasteiger partial charge in [-0.15, -0.1) is 0 Å². The fraction of sp³-hybridized carbons (Fsp3) is 0.300. The molecule has 7 nitrogen and oxygen atoms in total. The molecule has 0 aromatic heterocycles. The van der Waals surface area contributed by atoms with Crippen molar-refractivity contribution >= 4 is 16.0 Å². The normalized spacial score (nSPS) is 20.3. The molecule has 0 unspecified atom stereocenters. The molecule has 2 aromatic rings. The lowest BCUT2D eigenvalue weighted by atomic mass is 10.2. The molecule has 0 bridgehead atoms. The molecule has 0 radical (unpaired) electrons. The first-order chi connectivity index (χ1) is 13.3. The molecule has 0 saturated carbocycles. The van der Waals surface area contributed by atoms with E-state index in [0.29, 0.717) is 5.56 Å². The zero-order valence-corrected chi connectivity index (χ0v) is 16.3. The number of benzene rings is 2. The zero-order valence-electron chi connectivity index (χ0n) is 15.5. The molecule has 146 valence electrons. The summed E-state index contributed by atoms with van der Waals surface area (Å²) in [5, 5.41) is 8.90. The smallest absolute Gasteiger partial charge is 0.343 e. The summed E-state index contributed by atoms with van der Waals surface area (Å²) in [6.45, 7) is 4.23. The number of esters is 1. The van der Waals surface area contributed by atoms with Gasteiger partial charge in [-0.05, 0) is 56.3 Å². The Bertz CT molecular complexity index is 1000. The van der Waals surface area contributed by atoms with Gasteiger partial charge in [-0.1, -0.05) is 6.07 Å². The van der Waals surface area contributed by atoms with Crippen molar-refractivity contribution in [2.45, 2.75) is 31.0 Å². The Balaban J connectivity index is 1.75. The van der Waals surface area contributed by atoms with Crippen molar-refractivity contribution in [3.63, 3.8) is 0 Å². The average Bonchev–Trinajstić information content (AvgIpc) is 2.67. The van der Waals surface area contributed by atoms with Crippen LogP contribution >= 0.6 is 0 Å². The van der Waals surface area contributed by atoms with Crippen molar-refractivity contribution < 1.29 is 22.7 Å². The van der Waals surface area contributed by atoms with Crippen molar-refractivity contribution in [1.82, 2.24) is 4.31 Å². The van der Waals surface area contributed by atoms with E-state index in [1.165, 1.54) is 34.6 Å². The van der Waals surface area contributed by atoms with E-state index in [-0.39, 0.29) is 41.5 Å². The first-order valence-electron chi connectivity index (χ1n) is 8.77. The van der Waals surface area contributed by atoms with Crippen molar-refractivity contribution in [1.29, 1.82) is 5.26 Å². The number of hydrogen-bond acceptors (Lipinski definition) is 6. The quantitative estimate of drug-likeness (QED) is 0.578. The Morgan fingerprint density at radius 2 is 1.79 bits per heavy atom. The molecule has 1 saturated heterocycles. The van der Waals surface area contributed by atoms with Gasteiger partial charge in [0.1, 0.15) is 5.75 Å². The van der Waals surface area contributed by atoms with Gasteiger partial charge >= 0.3 is 5.97 Å². The largest absolute Gasteiger partial charge is 0.423 e. The number of carbonyl (C=O) groups excluding carboxylic acids is 1. The van der Waals surface area contributed by atoms with Crippen LogP contribution in [0.5, 0.6) is 5.75 Å². The maximum absolute atomic E-state index is 12.8. The number of carbonyl (C=O) groups is 1. The molecule has 2 aromatic carbocycles. The number of nitrogens with zero attached hydrogens (tertiary/aromatic N) is 2. The third-order valence-electron chi connectivity index (χ3n) is 4.29. The summed E-state index contributed by atoms with van der Waals surface area (Å²) in [6, 6.07) is 13.8. The molecule has 0 amide bonds. The monoisotopic (exact) mass is 400 g/mol. The zero-order chi connectivity index (χ0) is 20.3. The van der Waals surface area contributed by atoms with Gasteiger partial charge < -0.3 is 9.47 Å². The highest BCUT2D eigenvalue weighted by molar-refractivity contribution is 7.89. The van der Waals surface area contributed by atoms with Crippen molar-refractivity contribution in [3.8, 4) is 11.8 Å². The number of hydrogen-bond donors (Lipinski definition) is 0. The van der Waals surface area contributed by atoms with E-state index >= 15 is 0 Å². The first-order valence-corrected chi connectivity index (χ1v) is 10.2. The fourth-order valence-corrected chi connectivity index (χ4v) is 4.62. The van der Waals surface area contributed by atoms with E-state index in [1.54, 1.807) is 18.2 Å². The van der Waals surface area contributed by atoms with Crippen LogP contribution in [0.3, 0.4) is 0 Å². The van der Waals surface area contributed by atoms with Crippen LogP contribution in [0.25, 0.3) is 0 Å². The second-order valence-corrected chi connectivity index (χ2v) is 8.57. The average molecular weight is 400 g/mol. The Hall–Kier alpha value is -2.73. The molecular weight excluding hydrogens is 380 g/mol. The van der Waals surface area contributed by atoms with E-state index in [0.717, 1.165) is 0 Å². The summed E-state index contributed by atoms with van der Waals surface area (Å²) < 4.78 is 37.9. The van der Waals surface area contributed by atoms with Gasteiger partial charge in [0.2, 0.25) is 10.0 Å². The summed E-state index contributed by atoms with van der Waals surface area (Å²) in [5.74, 6) is -0.385. The third kappa shape index (κ3) is 4.39. The van der Waals surface area contributed by atoms with E-state index in [1.807, 2.05) is 19.9 Å². The lowest BCUT2D eigenvalue weighted by Gasteiger charge is -2.34. The number of morpholine rings is 1. The van der Waals surface area contributed by atoms with Crippen LogP contribution in [0, 0.1) is 11.3 Å². The molecule has 28 heavy (non-hydrogen) atoms. The highest BCUT2D eigenvalue weighted by Crippen LogP contribution is 2.22. The SMILES string of the molecule is C[C@@H]1CN(S(=O)(=O)c2ccc(C(=O)Oc3cccc(C#N)c3)cc2)C[C@H](C)O1. The summed E-state index contributed by atoms with van der Waals surface area (Å²) in [5.41, 5.74) is 0.589. The maximum Gasteiger partial charge on any atom is 0.343 e. The van der Waals surface area contributed by atoms with Crippen LogP contribution in [-0.4, -0.2) is 44.0 Å². The number of sulfonamides is 1. The van der Waals surface area contributed by atoms with Gasteiger partial charge in [-0.3, -0.25) is 0 Å². The van der Waals surface area contributed by atoms with Crippen LogP contribution in [0.2, 0.25) is 0 Å². The van der Waals surface area contributed by atoms with E-state index in [4.69, 9.17) is 14.7 Å².